The molecule has 1 heterocycles. The van der Waals surface area contributed by atoms with Crippen molar-refractivity contribution in [3.8, 4) is 0 Å². The summed E-state index contributed by atoms with van der Waals surface area (Å²) in [6.07, 6.45) is 2.17. The van der Waals surface area contributed by atoms with Gasteiger partial charge in [-0.2, -0.15) is 0 Å². The quantitative estimate of drug-likeness (QED) is 0.640. The van der Waals surface area contributed by atoms with E-state index in [1.807, 2.05) is 6.07 Å². The van der Waals surface area contributed by atoms with Gasteiger partial charge >= 0.3 is 0 Å². The Balaban J connectivity index is 2.38. The van der Waals surface area contributed by atoms with E-state index in [0.29, 0.717) is 12.6 Å². The third-order valence-corrected chi connectivity index (χ3v) is 3.43. The fourth-order valence-electron chi connectivity index (χ4n) is 2.52. The molecule has 1 fully saturated rings. The van der Waals surface area contributed by atoms with Crippen LogP contribution in [0.1, 0.15) is 18.4 Å². The molecule has 1 aromatic rings. The summed E-state index contributed by atoms with van der Waals surface area (Å²) in [5.41, 5.74) is 7.60. The topological polar surface area (TPSA) is 72.4 Å². The second-order valence-corrected chi connectivity index (χ2v) is 4.40. The van der Waals surface area contributed by atoms with Crippen LogP contribution in [0.3, 0.4) is 0 Å². The van der Waals surface area contributed by atoms with Gasteiger partial charge in [0.2, 0.25) is 0 Å². The zero-order valence-corrected chi connectivity index (χ0v) is 9.93. The van der Waals surface area contributed by atoms with Gasteiger partial charge in [0.1, 0.15) is 0 Å². The molecule has 0 radical (unpaired) electrons. The first-order valence-corrected chi connectivity index (χ1v) is 5.86. The summed E-state index contributed by atoms with van der Waals surface area (Å²) in [6.45, 7) is 3.34. The van der Waals surface area contributed by atoms with Crippen molar-refractivity contribution in [2.24, 2.45) is 5.73 Å². The van der Waals surface area contributed by atoms with Crippen LogP contribution in [0, 0.1) is 17.0 Å². The van der Waals surface area contributed by atoms with Gasteiger partial charge in [-0.25, -0.2) is 0 Å². The van der Waals surface area contributed by atoms with Crippen LogP contribution in [0.2, 0.25) is 0 Å². The largest absolute Gasteiger partial charge is 0.367 e. The first-order valence-electron chi connectivity index (χ1n) is 5.86. The van der Waals surface area contributed by atoms with Gasteiger partial charge in [-0.05, 0) is 25.8 Å². The Kier molecular flexibility index (Phi) is 3.28. The van der Waals surface area contributed by atoms with Crippen molar-refractivity contribution >= 4 is 11.4 Å². The van der Waals surface area contributed by atoms with Gasteiger partial charge in [-0.3, -0.25) is 10.1 Å². The lowest BCUT2D eigenvalue weighted by Crippen LogP contribution is -2.35. The fraction of sp³-hybridized carbons (Fsp3) is 0.500. The molecule has 0 amide bonds. The standard InChI is InChI=1S/C12H17N3O2/c1-9-11(5-2-6-12(9)15(16)17)14-7-3-4-10(14)8-13/h2,5-6,10H,3-4,7-8,13H2,1H3. The third kappa shape index (κ3) is 2.10. The van der Waals surface area contributed by atoms with E-state index in [2.05, 4.69) is 4.90 Å². The molecule has 0 bridgehead atoms. The summed E-state index contributed by atoms with van der Waals surface area (Å²) in [5, 5.41) is 10.9. The van der Waals surface area contributed by atoms with E-state index in [1.165, 1.54) is 0 Å². The number of nitrogens with two attached hydrogens (primary N) is 1. The molecule has 2 rings (SSSR count). The molecule has 0 aliphatic carbocycles. The zero-order valence-electron chi connectivity index (χ0n) is 9.93. The van der Waals surface area contributed by atoms with Crippen LogP contribution >= 0.6 is 0 Å². The molecule has 0 saturated carbocycles. The van der Waals surface area contributed by atoms with E-state index in [0.717, 1.165) is 30.6 Å². The Hall–Kier alpha value is -1.62. The molecule has 2 N–H and O–H groups in total. The number of hydrogen-bond donors (Lipinski definition) is 1. The zero-order chi connectivity index (χ0) is 12.4. The Morgan fingerprint density at radius 3 is 3.00 bits per heavy atom. The third-order valence-electron chi connectivity index (χ3n) is 3.43. The highest BCUT2D eigenvalue weighted by Gasteiger charge is 2.26. The Bertz CT molecular complexity index is 434. The molecule has 92 valence electrons. The smallest absolute Gasteiger partial charge is 0.274 e. The fourth-order valence-corrected chi connectivity index (χ4v) is 2.52. The average molecular weight is 235 g/mol. The van der Waals surface area contributed by atoms with Crippen LogP contribution in [0.4, 0.5) is 11.4 Å². The van der Waals surface area contributed by atoms with E-state index in [-0.39, 0.29) is 10.6 Å². The number of anilines is 1. The maximum atomic E-state index is 10.9. The van der Waals surface area contributed by atoms with Gasteiger partial charge in [-0.1, -0.05) is 6.07 Å². The number of nitro groups is 1. The molecule has 1 saturated heterocycles. The van der Waals surface area contributed by atoms with Gasteiger partial charge in [-0.15, -0.1) is 0 Å². The molecule has 17 heavy (non-hydrogen) atoms. The van der Waals surface area contributed by atoms with Crippen LogP contribution in [0.25, 0.3) is 0 Å². The van der Waals surface area contributed by atoms with Gasteiger partial charge in [0, 0.05) is 30.9 Å². The molecule has 0 aromatic heterocycles. The average Bonchev–Trinajstić information content (AvgIpc) is 2.76. The van der Waals surface area contributed by atoms with Gasteiger partial charge in [0.15, 0.2) is 0 Å². The van der Waals surface area contributed by atoms with Crippen LogP contribution in [0.15, 0.2) is 18.2 Å². The molecule has 1 aliphatic heterocycles. The van der Waals surface area contributed by atoms with E-state index in [9.17, 15) is 10.1 Å². The van der Waals surface area contributed by atoms with E-state index in [1.54, 1.807) is 19.1 Å². The van der Waals surface area contributed by atoms with E-state index < -0.39 is 0 Å². The normalized spacial score (nSPS) is 19.6. The lowest BCUT2D eigenvalue weighted by atomic mass is 10.1. The highest BCUT2D eigenvalue weighted by Crippen LogP contribution is 2.32. The summed E-state index contributed by atoms with van der Waals surface area (Å²) in [4.78, 5) is 12.8. The molecule has 0 spiro atoms. The SMILES string of the molecule is Cc1c(N2CCCC2CN)cccc1[N+](=O)[O-]. The summed E-state index contributed by atoms with van der Waals surface area (Å²) in [7, 11) is 0. The lowest BCUT2D eigenvalue weighted by molar-refractivity contribution is -0.385. The van der Waals surface area contributed by atoms with Crippen LogP contribution in [-0.4, -0.2) is 24.1 Å². The van der Waals surface area contributed by atoms with Gasteiger partial charge in [0.05, 0.1) is 10.5 Å². The van der Waals surface area contributed by atoms with Crippen molar-refractivity contribution in [2.75, 3.05) is 18.0 Å². The molecule has 5 nitrogen and oxygen atoms in total. The lowest BCUT2D eigenvalue weighted by Gasteiger charge is -2.27. The molecule has 1 unspecified atom stereocenters. The van der Waals surface area contributed by atoms with Crippen LogP contribution in [0.5, 0.6) is 0 Å². The molecular formula is C12H17N3O2. The first-order chi connectivity index (χ1) is 8.15. The highest BCUT2D eigenvalue weighted by atomic mass is 16.6. The molecule has 1 atom stereocenters. The molecule has 1 aromatic carbocycles. The van der Waals surface area contributed by atoms with Crippen LogP contribution < -0.4 is 10.6 Å². The second-order valence-electron chi connectivity index (χ2n) is 4.40. The predicted molar refractivity (Wildman–Crippen MR) is 67.3 cm³/mol. The van der Waals surface area contributed by atoms with Crippen molar-refractivity contribution in [1.29, 1.82) is 0 Å². The van der Waals surface area contributed by atoms with Gasteiger partial charge < -0.3 is 10.6 Å². The number of hydrogen-bond acceptors (Lipinski definition) is 4. The summed E-state index contributed by atoms with van der Waals surface area (Å²) in [6, 6.07) is 5.55. The van der Waals surface area contributed by atoms with Crippen LogP contribution in [-0.2, 0) is 0 Å². The summed E-state index contributed by atoms with van der Waals surface area (Å²) in [5.74, 6) is 0. The van der Waals surface area contributed by atoms with E-state index in [4.69, 9.17) is 5.73 Å². The second kappa shape index (κ2) is 4.71. The highest BCUT2D eigenvalue weighted by molar-refractivity contribution is 5.62. The number of nitro benzene ring substituents is 1. The molecule has 1 aliphatic rings. The minimum Gasteiger partial charge on any atom is -0.367 e. The molecular weight excluding hydrogens is 218 g/mol. The number of nitrogens with zero attached hydrogens (tertiary/aromatic N) is 2. The van der Waals surface area contributed by atoms with E-state index >= 15 is 0 Å². The maximum absolute atomic E-state index is 10.9. The number of rotatable bonds is 3. The summed E-state index contributed by atoms with van der Waals surface area (Å²) >= 11 is 0. The monoisotopic (exact) mass is 235 g/mol. The van der Waals surface area contributed by atoms with Crippen molar-refractivity contribution in [3.05, 3.63) is 33.9 Å². The Labute approximate surface area is 100 Å². The Morgan fingerprint density at radius 2 is 2.35 bits per heavy atom. The van der Waals surface area contributed by atoms with Gasteiger partial charge in [0.25, 0.3) is 5.69 Å². The van der Waals surface area contributed by atoms with Crippen molar-refractivity contribution in [2.45, 2.75) is 25.8 Å². The minimum absolute atomic E-state index is 0.185. The number of benzene rings is 1. The predicted octanol–water partition coefficient (Wildman–Crippen LogP) is 1.83. The first kappa shape index (κ1) is 11.9. The maximum Gasteiger partial charge on any atom is 0.274 e. The summed E-state index contributed by atoms with van der Waals surface area (Å²) < 4.78 is 0. The van der Waals surface area contributed by atoms with Crippen molar-refractivity contribution in [3.63, 3.8) is 0 Å². The Morgan fingerprint density at radius 1 is 1.59 bits per heavy atom. The molecule has 5 heteroatoms. The van der Waals surface area contributed by atoms with Crippen molar-refractivity contribution < 1.29 is 4.92 Å². The minimum atomic E-state index is -0.327. The van der Waals surface area contributed by atoms with Crippen molar-refractivity contribution in [1.82, 2.24) is 0 Å².